The highest BCUT2D eigenvalue weighted by Gasteiger charge is 2.44. The van der Waals surface area contributed by atoms with Gasteiger partial charge in [-0.25, -0.2) is 4.79 Å². The number of benzene rings is 2. The Kier molecular flexibility index (Phi) is 9.45. The number of aryl methyl sites for hydroxylation is 1. The Balaban J connectivity index is 1.60. The number of fused-ring (bicyclic) bond motifs is 3. The van der Waals surface area contributed by atoms with Gasteiger partial charge in [0, 0.05) is 38.8 Å². The predicted molar refractivity (Wildman–Crippen MR) is 162 cm³/mol. The molecule has 0 aromatic heterocycles. The van der Waals surface area contributed by atoms with Gasteiger partial charge in [0.15, 0.2) is 5.60 Å². The van der Waals surface area contributed by atoms with Gasteiger partial charge in [-0.3, -0.25) is 4.79 Å². The molecule has 1 amide bonds. The lowest BCUT2D eigenvalue weighted by Gasteiger charge is -2.43. The fourth-order valence-electron chi connectivity index (χ4n) is 6.44. The van der Waals surface area contributed by atoms with Crippen LogP contribution < -0.4 is 9.64 Å². The van der Waals surface area contributed by atoms with Crippen molar-refractivity contribution in [1.82, 2.24) is 4.90 Å². The van der Waals surface area contributed by atoms with E-state index in [1.54, 1.807) is 19.2 Å². The molecule has 0 saturated heterocycles. The van der Waals surface area contributed by atoms with E-state index < -0.39 is 17.7 Å². The number of hydrogen-bond donors (Lipinski definition) is 2. The van der Waals surface area contributed by atoms with Crippen molar-refractivity contribution < 1.29 is 29.3 Å². The maximum absolute atomic E-state index is 13.3. The summed E-state index contributed by atoms with van der Waals surface area (Å²) in [5.41, 5.74) is 1.54. The molecule has 5 rings (SSSR count). The Bertz CT molecular complexity index is 1330. The van der Waals surface area contributed by atoms with Crippen molar-refractivity contribution in [2.75, 3.05) is 38.7 Å². The van der Waals surface area contributed by atoms with Gasteiger partial charge in [0.1, 0.15) is 12.4 Å². The molecule has 2 aliphatic heterocycles. The maximum atomic E-state index is 13.3. The molecule has 2 aromatic rings. The molecule has 2 bridgehead atoms. The van der Waals surface area contributed by atoms with Gasteiger partial charge in [-0.2, -0.15) is 0 Å². The molecule has 42 heavy (non-hydrogen) atoms. The van der Waals surface area contributed by atoms with Crippen LogP contribution in [0.2, 0.25) is 5.02 Å². The average molecular weight is 597 g/mol. The highest BCUT2D eigenvalue weighted by molar-refractivity contribution is 6.30. The SMILES string of the molecule is CO[C@]1(C(=O)O)CC(=O)N(C)CC/C=C/[C@H](O)[C@@H]2CC[C@H]2CN2CCCCc3cc(Cl)ccc3COc3ccc1cc32. The summed E-state index contributed by atoms with van der Waals surface area (Å²) in [5, 5.41) is 22.2. The maximum Gasteiger partial charge on any atom is 0.341 e. The molecule has 1 aliphatic carbocycles. The number of anilines is 1. The van der Waals surface area contributed by atoms with Crippen LogP contribution in [0.5, 0.6) is 5.75 Å². The number of aliphatic carboxylic acids is 1. The Hall–Kier alpha value is -3.07. The first-order valence-electron chi connectivity index (χ1n) is 14.9. The van der Waals surface area contributed by atoms with E-state index in [9.17, 15) is 19.8 Å². The first-order chi connectivity index (χ1) is 20.2. The molecular weight excluding hydrogens is 556 g/mol. The second-order valence-electron chi connectivity index (χ2n) is 11.8. The summed E-state index contributed by atoms with van der Waals surface area (Å²) in [6, 6.07) is 11.2. The fraction of sp³-hybridized carbons (Fsp3) is 0.515. The number of carboxylic acid groups (broad SMARTS) is 1. The molecular formula is C33H41ClN2O6. The average Bonchev–Trinajstić information content (AvgIpc) is 2.98. The van der Waals surface area contributed by atoms with Crippen LogP contribution in [0.25, 0.3) is 0 Å². The highest BCUT2D eigenvalue weighted by Crippen LogP contribution is 2.42. The third-order valence-electron chi connectivity index (χ3n) is 9.30. The monoisotopic (exact) mass is 596 g/mol. The van der Waals surface area contributed by atoms with Crippen molar-refractivity contribution in [3.8, 4) is 5.75 Å². The molecule has 0 spiro atoms. The first kappa shape index (κ1) is 30.4. The number of carbonyl (C=O) groups excluding carboxylic acids is 1. The molecule has 8 nitrogen and oxygen atoms in total. The molecule has 1 saturated carbocycles. The molecule has 0 unspecified atom stereocenters. The number of halogens is 1. The van der Waals surface area contributed by atoms with Crippen LogP contribution in [-0.2, 0) is 33.0 Å². The van der Waals surface area contributed by atoms with Crippen LogP contribution in [0.4, 0.5) is 5.69 Å². The summed E-state index contributed by atoms with van der Waals surface area (Å²) in [5.74, 6) is -0.490. The van der Waals surface area contributed by atoms with Crippen molar-refractivity contribution in [3.63, 3.8) is 0 Å². The van der Waals surface area contributed by atoms with E-state index in [0.717, 1.165) is 49.9 Å². The zero-order chi connectivity index (χ0) is 29.9. The Labute approximate surface area is 252 Å². The minimum atomic E-state index is -1.86. The summed E-state index contributed by atoms with van der Waals surface area (Å²) < 4.78 is 12.1. The third-order valence-corrected chi connectivity index (χ3v) is 9.53. The summed E-state index contributed by atoms with van der Waals surface area (Å²) in [6.45, 7) is 2.20. The smallest absolute Gasteiger partial charge is 0.341 e. The van der Waals surface area contributed by atoms with E-state index in [2.05, 4.69) is 4.90 Å². The lowest BCUT2D eigenvalue weighted by molar-refractivity contribution is -0.169. The minimum Gasteiger partial charge on any atom is -0.487 e. The molecule has 226 valence electrons. The predicted octanol–water partition coefficient (Wildman–Crippen LogP) is 5.18. The molecule has 2 N–H and O–H groups in total. The number of aliphatic hydroxyl groups is 1. The summed E-state index contributed by atoms with van der Waals surface area (Å²) in [6.07, 6.45) is 8.16. The third kappa shape index (κ3) is 6.31. The van der Waals surface area contributed by atoms with Crippen molar-refractivity contribution in [1.29, 1.82) is 0 Å². The molecule has 9 heteroatoms. The van der Waals surface area contributed by atoms with Gasteiger partial charge < -0.3 is 29.5 Å². The molecule has 4 atom stereocenters. The lowest BCUT2D eigenvalue weighted by atomic mass is 9.70. The van der Waals surface area contributed by atoms with Crippen LogP contribution >= 0.6 is 11.6 Å². The van der Waals surface area contributed by atoms with Crippen molar-refractivity contribution in [2.45, 2.75) is 63.3 Å². The number of carbonyl (C=O) groups is 2. The van der Waals surface area contributed by atoms with Crippen LogP contribution in [0.3, 0.4) is 0 Å². The Morgan fingerprint density at radius 3 is 2.69 bits per heavy atom. The van der Waals surface area contributed by atoms with E-state index >= 15 is 0 Å². The van der Waals surface area contributed by atoms with Gasteiger partial charge in [0.25, 0.3) is 0 Å². The number of hydrogen-bond acceptors (Lipinski definition) is 6. The minimum absolute atomic E-state index is 0.141. The summed E-state index contributed by atoms with van der Waals surface area (Å²) in [4.78, 5) is 29.9. The van der Waals surface area contributed by atoms with Crippen LogP contribution in [0.15, 0.2) is 48.6 Å². The van der Waals surface area contributed by atoms with Crippen molar-refractivity contribution >= 4 is 29.2 Å². The molecule has 1 fully saturated rings. The zero-order valence-electron chi connectivity index (χ0n) is 24.4. The lowest BCUT2D eigenvalue weighted by Crippen LogP contribution is -2.44. The summed E-state index contributed by atoms with van der Waals surface area (Å²) in [7, 11) is 3.01. The molecule has 0 radical (unpaired) electrons. The van der Waals surface area contributed by atoms with E-state index in [1.165, 1.54) is 17.6 Å². The van der Waals surface area contributed by atoms with E-state index in [1.807, 2.05) is 36.4 Å². The number of rotatable bonds is 2. The van der Waals surface area contributed by atoms with Gasteiger partial charge in [-0.15, -0.1) is 0 Å². The van der Waals surface area contributed by atoms with Gasteiger partial charge in [-0.05, 0) is 91.3 Å². The molecule has 2 heterocycles. The number of ether oxygens (including phenoxy) is 2. The normalized spacial score (nSPS) is 27.9. The van der Waals surface area contributed by atoms with Gasteiger partial charge in [0.2, 0.25) is 5.91 Å². The largest absolute Gasteiger partial charge is 0.487 e. The zero-order valence-corrected chi connectivity index (χ0v) is 25.2. The topological polar surface area (TPSA) is 99.5 Å². The Morgan fingerprint density at radius 2 is 1.95 bits per heavy atom. The van der Waals surface area contributed by atoms with Crippen LogP contribution in [-0.4, -0.2) is 66.9 Å². The standard InChI is InChI=1S/C33H41ClN2O6/c1-35-15-5-4-8-29(37)27-13-10-23(27)20-36-16-6-3-7-22-17-26(34)12-9-24(22)21-42-30-14-11-25(18-28(30)36)33(41-2,32(39)40)19-31(35)38/h4,8-9,11-12,14,17-18,23,27,29,37H,3,5-7,10,13,15-16,19-21H2,1-2H3,(H,39,40)/b8-4+/t23-,27+,29-,33+/m0/s1. The second kappa shape index (κ2) is 13.1. The highest BCUT2D eigenvalue weighted by atomic mass is 35.5. The van der Waals surface area contributed by atoms with Gasteiger partial charge in [0.05, 0.1) is 18.2 Å². The second-order valence-corrected chi connectivity index (χ2v) is 12.3. The number of nitrogens with zero attached hydrogens (tertiary/aromatic N) is 2. The summed E-state index contributed by atoms with van der Waals surface area (Å²) >= 11 is 6.32. The quantitative estimate of drug-likeness (QED) is 0.461. The number of methoxy groups -OCH3 is 1. The number of amides is 1. The fourth-order valence-corrected chi connectivity index (χ4v) is 6.64. The van der Waals surface area contributed by atoms with Crippen LogP contribution in [0.1, 0.15) is 55.2 Å². The first-order valence-corrected chi connectivity index (χ1v) is 15.3. The van der Waals surface area contributed by atoms with E-state index in [-0.39, 0.29) is 24.2 Å². The Morgan fingerprint density at radius 1 is 1.12 bits per heavy atom. The van der Waals surface area contributed by atoms with Gasteiger partial charge >= 0.3 is 5.97 Å². The van der Waals surface area contributed by atoms with Crippen molar-refractivity contribution in [2.24, 2.45) is 11.8 Å². The van der Waals surface area contributed by atoms with E-state index in [4.69, 9.17) is 21.1 Å². The van der Waals surface area contributed by atoms with E-state index in [0.29, 0.717) is 42.5 Å². The van der Waals surface area contributed by atoms with Crippen molar-refractivity contribution in [3.05, 3.63) is 70.3 Å². The van der Waals surface area contributed by atoms with Crippen LogP contribution in [0, 0.1) is 11.8 Å². The molecule has 3 aliphatic rings. The number of aliphatic hydroxyl groups excluding tert-OH is 1. The molecule has 2 aromatic carbocycles. The number of carboxylic acids is 1. The van der Waals surface area contributed by atoms with Gasteiger partial charge in [-0.1, -0.05) is 35.9 Å².